The molecule has 4 rings (SSSR count). The van der Waals surface area contributed by atoms with Crippen molar-refractivity contribution < 1.29 is 14.3 Å². The van der Waals surface area contributed by atoms with Crippen molar-refractivity contribution in [3.63, 3.8) is 0 Å². The van der Waals surface area contributed by atoms with E-state index in [1.165, 1.54) is 12.5 Å². The van der Waals surface area contributed by atoms with Crippen molar-refractivity contribution in [2.45, 2.75) is 12.8 Å². The molecule has 6 heteroatoms. The number of piperidine rings is 1. The van der Waals surface area contributed by atoms with Gasteiger partial charge in [0.2, 0.25) is 5.91 Å². The van der Waals surface area contributed by atoms with Crippen LogP contribution in [0.25, 0.3) is 22.0 Å². The number of nitrogens with zero attached hydrogens (tertiary/aromatic N) is 2. The van der Waals surface area contributed by atoms with E-state index < -0.39 is 0 Å². The van der Waals surface area contributed by atoms with Gasteiger partial charge in [0, 0.05) is 18.7 Å². The first-order valence-electron chi connectivity index (χ1n) is 9.74. The zero-order valence-electron chi connectivity index (χ0n) is 16.3. The van der Waals surface area contributed by atoms with Gasteiger partial charge in [-0.2, -0.15) is 0 Å². The number of amides is 2. The molecule has 0 radical (unpaired) electrons. The largest absolute Gasteiger partial charge is 0.453 e. The second-order valence-corrected chi connectivity index (χ2v) is 7.21. The molecule has 0 bridgehead atoms. The number of anilines is 1. The predicted octanol–water partition coefficient (Wildman–Crippen LogP) is 4.32. The molecule has 3 aromatic rings. The Morgan fingerprint density at radius 2 is 1.90 bits per heavy atom. The molecule has 0 aliphatic carbocycles. The van der Waals surface area contributed by atoms with Crippen molar-refractivity contribution in [3.05, 3.63) is 60.7 Å². The van der Waals surface area contributed by atoms with Crippen LogP contribution in [0.2, 0.25) is 0 Å². The zero-order valence-corrected chi connectivity index (χ0v) is 16.3. The van der Waals surface area contributed by atoms with E-state index in [1.54, 1.807) is 11.0 Å². The minimum absolute atomic E-state index is 0.123. The molecule has 2 aromatic carbocycles. The Morgan fingerprint density at radius 3 is 2.72 bits per heavy atom. The molecule has 1 N–H and O–H groups in total. The summed E-state index contributed by atoms with van der Waals surface area (Å²) >= 11 is 0. The quantitative estimate of drug-likeness (QED) is 0.724. The highest BCUT2D eigenvalue weighted by Crippen LogP contribution is 2.25. The molecular weight excluding hydrogens is 366 g/mol. The normalized spacial score (nSPS) is 16.4. The van der Waals surface area contributed by atoms with Crippen LogP contribution in [-0.2, 0) is 9.53 Å². The minimum Gasteiger partial charge on any atom is -0.453 e. The molecule has 1 aliphatic rings. The number of aromatic nitrogens is 1. The summed E-state index contributed by atoms with van der Waals surface area (Å²) in [6.45, 7) is 0.981. The van der Waals surface area contributed by atoms with Crippen LogP contribution in [0, 0.1) is 5.92 Å². The van der Waals surface area contributed by atoms with Crippen LogP contribution in [0.3, 0.4) is 0 Å². The Labute approximate surface area is 169 Å². The summed E-state index contributed by atoms with van der Waals surface area (Å²) in [6, 6.07) is 20.0. The van der Waals surface area contributed by atoms with Gasteiger partial charge >= 0.3 is 6.09 Å². The summed E-state index contributed by atoms with van der Waals surface area (Å²) in [4.78, 5) is 30.7. The monoisotopic (exact) mass is 389 g/mol. The van der Waals surface area contributed by atoms with Crippen molar-refractivity contribution in [2.24, 2.45) is 5.92 Å². The first kappa shape index (κ1) is 18.9. The van der Waals surface area contributed by atoms with E-state index in [0.29, 0.717) is 18.9 Å². The van der Waals surface area contributed by atoms with Gasteiger partial charge in [-0.15, -0.1) is 0 Å². The van der Waals surface area contributed by atoms with Crippen LogP contribution in [0.1, 0.15) is 12.8 Å². The summed E-state index contributed by atoms with van der Waals surface area (Å²) < 4.78 is 4.77. The maximum absolute atomic E-state index is 12.7. The summed E-state index contributed by atoms with van der Waals surface area (Å²) in [5, 5.41) is 5.23. The standard InChI is InChI=1S/C23H23N3O3/c1-29-23(28)26-13-5-8-19(15-26)22(27)25-21-10-4-9-20(24-21)18-12-11-16-6-2-3-7-17(16)14-18/h2-4,6-7,9-12,14,19H,5,8,13,15H2,1H3,(H,24,25,27)/t19-/m1/s1. The number of rotatable bonds is 3. The van der Waals surface area contributed by atoms with Gasteiger partial charge in [-0.05, 0) is 41.8 Å². The van der Waals surface area contributed by atoms with Crippen LogP contribution < -0.4 is 5.32 Å². The summed E-state index contributed by atoms with van der Waals surface area (Å²) in [7, 11) is 1.36. The third-order valence-corrected chi connectivity index (χ3v) is 5.27. The van der Waals surface area contributed by atoms with Gasteiger partial charge < -0.3 is 15.0 Å². The Hall–Kier alpha value is -3.41. The zero-order chi connectivity index (χ0) is 20.2. The molecule has 0 unspecified atom stereocenters. The van der Waals surface area contributed by atoms with Crippen LogP contribution in [0.5, 0.6) is 0 Å². The van der Waals surface area contributed by atoms with E-state index in [4.69, 9.17) is 4.74 Å². The van der Waals surface area contributed by atoms with E-state index in [0.717, 1.165) is 29.5 Å². The summed E-state index contributed by atoms with van der Waals surface area (Å²) in [5.41, 5.74) is 1.79. The number of fused-ring (bicyclic) bond motifs is 1. The number of benzene rings is 2. The number of nitrogens with one attached hydrogen (secondary N) is 1. The fraction of sp³-hybridized carbons (Fsp3) is 0.261. The highest BCUT2D eigenvalue weighted by atomic mass is 16.5. The Kier molecular flexibility index (Phi) is 5.42. The van der Waals surface area contributed by atoms with Gasteiger partial charge in [0.05, 0.1) is 18.7 Å². The van der Waals surface area contributed by atoms with Crippen LogP contribution >= 0.6 is 0 Å². The van der Waals surface area contributed by atoms with Crippen LogP contribution in [0.15, 0.2) is 60.7 Å². The molecule has 29 heavy (non-hydrogen) atoms. The fourth-order valence-corrected chi connectivity index (χ4v) is 3.73. The molecule has 0 spiro atoms. The topological polar surface area (TPSA) is 71.5 Å². The Balaban J connectivity index is 1.49. The average molecular weight is 389 g/mol. The lowest BCUT2D eigenvalue weighted by molar-refractivity contribution is -0.121. The maximum atomic E-state index is 12.7. The lowest BCUT2D eigenvalue weighted by atomic mass is 9.97. The van der Waals surface area contributed by atoms with Gasteiger partial charge in [-0.25, -0.2) is 9.78 Å². The molecular formula is C23H23N3O3. The highest BCUT2D eigenvalue weighted by molar-refractivity contribution is 5.92. The maximum Gasteiger partial charge on any atom is 0.409 e. The molecule has 0 saturated carbocycles. The number of hydrogen-bond acceptors (Lipinski definition) is 4. The van der Waals surface area contributed by atoms with Gasteiger partial charge in [-0.1, -0.05) is 42.5 Å². The van der Waals surface area contributed by atoms with Crippen molar-refractivity contribution in [2.75, 3.05) is 25.5 Å². The molecule has 1 fully saturated rings. The molecule has 2 heterocycles. The van der Waals surface area contributed by atoms with E-state index in [-0.39, 0.29) is 17.9 Å². The van der Waals surface area contributed by atoms with E-state index in [1.807, 2.05) is 30.3 Å². The van der Waals surface area contributed by atoms with Gasteiger partial charge in [0.1, 0.15) is 5.82 Å². The van der Waals surface area contributed by atoms with Gasteiger partial charge in [0.15, 0.2) is 0 Å². The van der Waals surface area contributed by atoms with Crippen LogP contribution in [-0.4, -0.2) is 42.1 Å². The Bertz CT molecular complexity index is 1050. The summed E-state index contributed by atoms with van der Waals surface area (Å²) in [5.74, 6) is 0.117. The SMILES string of the molecule is COC(=O)N1CCC[C@@H](C(=O)Nc2cccc(-c3ccc4ccccc4c3)n2)C1. The molecule has 6 nitrogen and oxygen atoms in total. The Morgan fingerprint density at radius 1 is 1.07 bits per heavy atom. The number of methoxy groups -OCH3 is 1. The molecule has 1 atom stereocenters. The van der Waals surface area contributed by atoms with E-state index in [9.17, 15) is 9.59 Å². The first-order chi connectivity index (χ1) is 14.1. The number of carbonyl (C=O) groups is 2. The minimum atomic E-state index is -0.390. The smallest absolute Gasteiger partial charge is 0.409 e. The number of hydrogen-bond donors (Lipinski definition) is 1. The summed E-state index contributed by atoms with van der Waals surface area (Å²) in [6.07, 6.45) is 1.13. The second-order valence-electron chi connectivity index (χ2n) is 7.21. The van der Waals surface area contributed by atoms with Crippen molar-refractivity contribution in [1.29, 1.82) is 0 Å². The average Bonchev–Trinajstić information content (AvgIpc) is 2.78. The lowest BCUT2D eigenvalue weighted by Gasteiger charge is -2.30. The lowest BCUT2D eigenvalue weighted by Crippen LogP contribution is -2.43. The van der Waals surface area contributed by atoms with Crippen LogP contribution in [0.4, 0.5) is 10.6 Å². The molecule has 148 valence electrons. The van der Waals surface area contributed by atoms with Crippen molar-refractivity contribution in [1.82, 2.24) is 9.88 Å². The number of carbonyl (C=O) groups excluding carboxylic acids is 2. The van der Waals surface area contributed by atoms with E-state index in [2.05, 4.69) is 34.6 Å². The van der Waals surface area contributed by atoms with Gasteiger partial charge in [0.25, 0.3) is 0 Å². The third kappa shape index (κ3) is 4.21. The third-order valence-electron chi connectivity index (χ3n) is 5.27. The number of pyridine rings is 1. The molecule has 1 aliphatic heterocycles. The van der Waals surface area contributed by atoms with Crippen molar-refractivity contribution in [3.8, 4) is 11.3 Å². The first-order valence-corrected chi connectivity index (χ1v) is 9.74. The number of ether oxygens (including phenoxy) is 1. The predicted molar refractivity (Wildman–Crippen MR) is 113 cm³/mol. The highest BCUT2D eigenvalue weighted by Gasteiger charge is 2.29. The van der Waals surface area contributed by atoms with E-state index >= 15 is 0 Å². The molecule has 1 aromatic heterocycles. The molecule has 1 saturated heterocycles. The second kappa shape index (κ2) is 8.31. The molecule has 2 amide bonds. The van der Waals surface area contributed by atoms with Crippen molar-refractivity contribution >= 4 is 28.6 Å². The number of likely N-dealkylation sites (tertiary alicyclic amines) is 1. The van der Waals surface area contributed by atoms with Gasteiger partial charge in [-0.3, -0.25) is 4.79 Å². The fourth-order valence-electron chi connectivity index (χ4n) is 3.73.